The summed E-state index contributed by atoms with van der Waals surface area (Å²) in [5, 5.41) is 5.74. The highest BCUT2D eigenvalue weighted by atomic mass is 35.5. The lowest BCUT2D eigenvalue weighted by molar-refractivity contribution is -0.126. The van der Waals surface area contributed by atoms with E-state index in [1.54, 1.807) is 12.1 Å². The predicted octanol–water partition coefficient (Wildman–Crippen LogP) is 2.75. The van der Waals surface area contributed by atoms with Gasteiger partial charge in [0, 0.05) is 5.92 Å². The van der Waals surface area contributed by atoms with E-state index in [0.717, 1.165) is 12.0 Å². The van der Waals surface area contributed by atoms with Gasteiger partial charge in [-0.2, -0.15) is 0 Å². The van der Waals surface area contributed by atoms with Crippen molar-refractivity contribution in [3.8, 4) is 0 Å². The van der Waals surface area contributed by atoms with Gasteiger partial charge in [-0.15, -0.1) is 0 Å². The highest BCUT2D eigenvalue weighted by molar-refractivity contribution is 6.33. The number of carbonyl (C=O) groups excluding carboxylic acids is 2. The van der Waals surface area contributed by atoms with E-state index >= 15 is 0 Å². The summed E-state index contributed by atoms with van der Waals surface area (Å²) in [6.45, 7) is 5.62. The van der Waals surface area contributed by atoms with Crippen LogP contribution in [-0.4, -0.2) is 18.4 Å². The second kappa shape index (κ2) is 7.14. The van der Waals surface area contributed by atoms with Crippen molar-refractivity contribution in [3.05, 3.63) is 28.8 Å². The van der Waals surface area contributed by atoms with E-state index in [1.165, 1.54) is 0 Å². The van der Waals surface area contributed by atoms with Gasteiger partial charge in [0.2, 0.25) is 11.8 Å². The Hall–Kier alpha value is -1.55. The molecule has 5 heteroatoms. The van der Waals surface area contributed by atoms with Crippen LogP contribution in [0.15, 0.2) is 18.2 Å². The third-order valence-corrected chi connectivity index (χ3v) is 3.19. The molecule has 0 saturated carbocycles. The molecular weight excluding hydrogens is 264 g/mol. The summed E-state index contributed by atoms with van der Waals surface area (Å²) < 4.78 is 0. The fraction of sp³-hybridized carbons (Fsp3) is 0.429. The monoisotopic (exact) mass is 282 g/mol. The average Bonchev–Trinajstić information content (AvgIpc) is 2.38. The van der Waals surface area contributed by atoms with E-state index in [0.29, 0.717) is 10.7 Å². The summed E-state index contributed by atoms with van der Waals surface area (Å²) in [5.74, 6) is -0.495. The highest BCUT2D eigenvalue weighted by Gasteiger charge is 2.12. The van der Waals surface area contributed by atoms with Gasteiger partial charge in [-0.05, 0) is 31.0 Å². The van der Waals surface area contributed by atoms with E-state index in [9.17, 15) is 9.59 Å². The van der Waals surface area contributed by atoms with Crippen LogP contribution in [0.4, 0.5) is 5.69 Å². The number of nitrogens with one attached hydrogen (secondary N) is 2. The standard InChI is InChI=1S/C14H19ClN2O2/c1-4-10(3)14(19)16-8-13(18)17-12-6-5-9(2)7-11(12)15/h5-7,10H,4,8H2,1-3H3,(H,16,19)(H,17,18). The maximum Gasteiger partial charge on any atom is 0.243 e. The Balaban J connectivity index is 2.49. The van der Waals surface area contributed by atoms with Crippen molar-refractivity contribution in [3.63, 3.8) is 0 Å². The van der Waals surface area contributed by atoms with Crippen LogP contribution in [0.1, 0.15) is 25.8 Å². The quantitative estimate of drug-likeness (QED) is 0.872. The predicted molar refractivity (Wildman–Crippen MR) is 77.3 cm³/mol. The topological polar surface area (TPSA) is 58.2 Å². The number of hydrogen-bond acceptors (Lipinski definition) is 2. The molecule has 0 aliphatic rings. The first-order chi connectivity index (χ1) is 8.93. The molecule has 0 bridgehead atoms. The second-order valence-corrected chi connectivity index (χ2v) is 4.97. The van der Waals surface area contributed by atoms with Crippen LogP contribution < -0.4 is 10.6 Å². The van der Waals surface area contributed by atoms with E-state index in [2.05, 4.69) is 10.6 Å². The maximum absolute atomic E-state index is 11.7. The lowest BCUT2D eigenvalue weighted by atomic mass is 10.1. The van der Waals surface area contributed by atoms with E-state index in [-0.39, 0.29) is 24.3 Å². The van der Waals surface area contributed by atoms with Gasteiger partial charge in [0.05, 0.1) is 17.3 Å². The van der Waals surface area contributed by atoms with E-state index in [1.807, 2.05) is 26.8 Å². The fourth-order valence-electron chi connectivity index (χ4n) is 1.44. The maximum atomic E-state index is 11.7. The molecule has 1 atom stereocenters. The molecule has 0 heterocycles. The minimum atomic E-state index is -0.289. The first-order valence-electron chi connectivity index (χ1n) is 6.27. The fourth-order valence-corrected chi connectivity index (χ4v) is 1.73. The lowest BCUT2D eigenvalue weighted by Gasteiger charge is -2.11. The first-order valence-corrected chi connectivity index (χ1v) is 6.65. The number of anilines is 1. The van der Waals surface area contributed by atoms with Crippen LogP contribution in [0, 0.1) is 12.8 Å². The molecule has 0 aliphatic carbocycles. The molecule has 2 amide bonds. The van der Waals surface area contributed by atoms with Crippen molar-refractivity contribution in [1.82, 2.24) is 5.32 Å². The average molecular weight is 283 g/mol. The molecule has 0 fully saturated rings. The summed E-state index contributed by atoms with van der Waals surface area (Å²) in [6.07, 6.45) is 0.747. The van der Waals surface area contributed by atoms with Crippen LogP contribution in [0.2, 0.25) is 5.02 Å². The molecule has 0 spiro atoms. The Labute approximate surface area is 118 Å². The van der Waals surface area contributed by atoms with Crippen molar-refractivity contribution in [1.29, 1.82) is 0 Å². The third kappa shape index (κ3) is 4.91. The Morgan fingerprint density at radius 3 is 2.63 bits per heavy atom. The summed E-state index contributed by atoms with van der Waals surface area (Å²) in [7, 11) is 0. The largest absolute Gasteiger partial charge is 0.347 e. The Kier molecular flexibility index (Phi) is 5.83. The van der Waals surface area contributed by atoms with Crippen LogP contribution in [0.25, 0.3) is 0 Å². The van der Waals surface area contributed by atoms with Crippen molar-refractivity contribution < 1.29 is 9.59 Å². The Bertz CT molecular complexity index is 475. The van der Waals surface area contributed by atoms with Gasteiger partial charge in [-0.1, -0.05) is 31.5 Å². The first kappa shape index (κ1) is 15.5. The number of rotatable bonds is 5. The SMILES string of the molecule is CCC(C)C(=O)NCC(=O)Nc1ccc(C)cc1Cl. The normalized spacial score (nSPS) is 11.8. The molecule has 1 rings (SSSR count). The zero-order valence-corrected chi connectivity index (χ0v) is 12.2. The van der Waals surface area contributed by atoms with E-state index in [4.69, 9.17) is 11.6 Å². The third-order valence-electron chi connectivity index (χ3n) is 2.88. The summed E-state index contributed by atoms with van der Waals surface area (Å²) >= 11 is 6.01. The van der Waals surface area contributed by atoms with Crippen LogP contribution >= 0.6 is 11.6 Å². The molecule has 19 heavy (non-hydrogen) atoms. The summed E-state index contributed by atoms with van der Waals surface area (Å²) in [4.78, 5) is 23.2. The zero-order chi connectivity index (χ0) is 14.4. The molecule has 1 unspecified atom stereocenters. The zero-order valence-electron chi connectivity index (χ0n) is 11.4. The second-order valence-electron chi connectivity index (χ2n) is 4.56. The van der Waals surface area contributed by atoms with Crippen molar-refractivity contribution in [2.75, 3.05) is 11.9 Å². The number of aryl methyl sites for hydroxylation is 1. The molecule has 0 saturated heterocycles. The summed E-state index contributed by atoms with van der Waals surface area (Å²) in [5.41, 5.74) is 1.57. The van der Waals surface area contributed by atoms with E-state index < -0.39 is 0 Å². The lowest BCUT2D eigenvalue weighted by Crippen LogP contribution is -2.35. The van der Waals surface area contributed by atoms with Crippen LogP contribution in [-0.2, 0) is 9.59 Å². The van der Waals surface area contributed by atoms with Crippen LogP contribution in [0.5, 0.6) is 0 Å². The van der Waals surface area contributed by atoms with Gasteiger partial charge in [-0.3, -0.25) is 9.59 Å². The molecule has 0 aromatic heterocycles. The summed E-state index contributed by atoms with van der Waals surface area (Å²) in [6, 6.07) is 5.38. The minimum Gasteiger partial charge on any atom is -0.347 e. The molecule has 1 aromatic carbocycles. The molecule has 4 nitrogen and oxygen atoms in total. The van der Waals surface area contributed by atoms with Crippen LogP contribution in [0.3, 0.4) is 0 Å². The molecule has 2 N–H and O–H groups in total. The Morgan fingerprint density at radius 2 is 2.05 bits per heavy atom. The molecule has 0 aliphatic heterocycles. The van der Waals surface area contributed by atoms with Crippen molar-refractivity contribution in [2.24, 2.45) is 5.92 Å². The van der Waals surface area contributed by atoms with Crippen molar-refractivity contribution >= 4 is 29.1 Å². The number of benzene rings is 1. The molecular formula is C14H19ClN2O2. The van der Waals surface area contributed by atoms with Gasteiger partial charge < -0.3 is 10.6 Å². The molecule has 1 aromatic rings. The number of hydrogen-bond donors (Lipinski definition) is 2. The molecule has 104 valence electrons. The smallest absolute Gasteiger partial charge is 0.243 e. The minimum absolute atomic E-state index is 0.0482. The van der Waals surface area contributed by atoms with Gasteiger partial charge >= 0.3 is 0 Å². The highest BCUT2D eigenvalue weighted by Crippen LogP contribution is 2.22. The number of carbonyl (C=O) groups is 2. The van der Waals surface area contributed by atoms with Gasteiger partial charge in [0.1, 0.15) is 0 Å². The van der Waals surface area contributed by atoms with Gasteiger partial charge in [0.25, 0.3) is 0 Å². The van der Waals surface area contributed by atoms with Crippen molar-refractivity contribution in [2.45, 2.75) is 27.2 Å². The van der Waals surface area contributed by atoms with Gasteiger partial charge in [0.15, 0.2) is 0 Å². The number of amides is 2. The number of halogens is 1. The Morgan fingerprint density at radius 1 is 1.37 bits per heavy atom. The molecule has 0 radical (unpaired) electrons. The van der Waals surface area contributed by atoms with Gasteiger partial charge in [-0.25, -0.2) is 0 Å².